The van der Waals surface area contributed by atoms with Gasteiger partial charge in [0.2, 0.25) is 0 Å². The van der Waals surface area contributed by atoms with Crippen LogP contribution >= 0.6 is 0 Å². The molecule has 0 saturated carbocycles. The summed E-state index contributed by atoms with van der Waals surface area (Å²) in [7, 11) is 3.26. The zero-order valence-corrected chi connectivity index (χ0v) is 12.2. The van der Waals surface area contributed by atoms with Gasteiger partial charge in [-0.2, -0.15) is 0 Å². The largest absolute Gasteiger partial charge is 0.376 e. The van der Waals surface area contributed by atoms with Crippen LogP contribution in [0, 0.1) is 5.92 Å². The Morgan fingerprint density at radius 3 is 1.90 bits per heavy atom. The Kier molecular flexibility index (Phi) is 3.79. The second-order valence-corrected chi connectivity index (χ2v) is 5.48. The highest BCUT2D eigenvalue weighted by molar-refractivity contribution is 5.80. The monoisotopic (exact) mass is 286 g/mol. The Bertz CT molecular complexity index is 418. The summed E-state index contributed by atoms with van der Waals surface area (Å²) in [5.74, 6) is -0.0836. The molecule has 0 aromatic carbocycles. The Labute approximate surface area is 118 Å². The molecule has 8 nitrogen and oxygen atoms in total. The number of hydrogen-bond acceptors (Lipinski definition) is 4. The Balaban J connectivity index is 2.45. The number of carbonyl (C=O) groups is 2. The third-order valence-corrected chi connectivity index (χ3v) is 4.68. The van der Waals surface area contributed by atoms with Gasteiger partial charge in [0.15, 0.2) is 0 Å². The third kappa shape index (κ3) is 1.82. The van der Waals surface area contributed by atoms with E-state index < -0.39 is 12.9 Å². The summed E-state index contributed by atoms with van der Waals surface area (Å²) >= 11 is 0. The lowest BCUT2D eigenvalue weighted by Crippen LogP contribution is -2.75. The average Bonchev–Trinajstić information content (AvgIpc) is 2.42. The van der Waals surface area contributed by atoms with Crippen molar-refractivity contribution in [1.82, 2.24) is 19.6 Å². The first-order valence-electron chi connectivity index (χ1n) is 6.65. The molecule has 2 saturated heterocycles. The number of amides is 4. The van der Waals surface area contributed by atoms with Gasteiger partial charge < -0.3 is 20.0 Å². The molecule has 2 N–H and O–H groups in total. The first kappa shape index (κ1) is 14.9. The fraction of sp³-hybridized carbons (Fsp3) is 0.833. The van der Waals surface area contributed by atoms with Crippen LogP contribution in [0.5, 0.6) is 0 Å². The Morgan fingerprint density at radius 1 is 0.900 bits per heavy atom. The Morgan fingerprint density at radius 2 is 1.40 bits per heavy atom. The van der Waals surface area contributed by atoms with Crippen LogP contribution < -0.4 is 0 Å². The summed E-state index contributed by atoms with van der Waals surface area (Å²) in [6.45, 7) is 2.96. The van der Waals surface area contributed by atoms with Gasteiger partial charge in [0.05, 0.1) is 0 Å². The quantitative estimate of drug-likeness (QED) is 0.705. The van der Waals surface area contributed by atoms with Crippen LogP contribution in [0.2, 0.25) is 0 Å². The molecular formula is C12H22N4O4. The molecule has 20 heavy (non-hydrogen) atoms. The summed E-state index contributed by atoms with van der Waals surface area (Å²) in [4.78, 5) is 30.1. The molecule has 114 valence electrons. The van der Waals surface area contributed by atoms with Crippen molar-refractivity contribution in [2.75, 3.05) is 27.6 Å². The van der Waals surface area contributed by atoms with E-state index in [1.807, 2.05) is 13.8 Å². The predicted molar refractivity (Wildman–Crippen MR) is 70.4 cm³/mol. The van der Waals surface area contributed by atoms with Crippen molar-refractivity contribution in [3.05, 3.63) is 0 Å². The summed E-state index contributed by atoms with van der Waals surface area (Å²) in [6, 6.07) is -0.974. The number of aliphatic hydroxyl groups is 2. The number of fused-ring (bicyclic) bond motifs is 1. The molecule has 8 heteroatoms. The van der Waals surface area contributed by atoms with Gasteiger partial charge in [-0.15, -0.1) is 0 Å². The van der Waals surface area contributed by atoms with Crippen LogP contribution in [0.4, 0.5) is 9.59 Å². The minimum atomic E-state index is -0.496. The van der Waals surface area contributed by atoms with E-state index in [0.29, 0.717) is 0 Å². The van der Waals surface area contributed by atoms with Gasteiger partial charge in [0.25, 0.3) is 0 Å². The highest BCUT2D eigenvalue weighted by Gasteiger charge is 2.53. The third-order valence-electron chi connectivity index (χ3n) is 4.68. The van der Waals surface area contributed by atoms with Crippen molar-refractivity contribution >= 4 is 12.1 Å². The van der Waals surface area contributed by atoms with E-state index in [9.17, 15) is 19.8 Å². The minimum absolute atomic E-state index is 0.0836. The van der Waals surface area contributed by atoms with Crippen molar-refractivity contribution in [3.8, 4) is 0 Å². The first-order valence-corrected chi connectivity index (χ1v) is 6.65. The molecule has 4 amide bonds. The summed E-state index contributed by atoms with van der Waals surface area (Å²) < 4.78 is 0. The molecule has 0 aliphatic carbocycles. The standard InChI is InChI=1S/C12H22N4O4/c1-7-9-8(2)15(5-17)12(20)14(4)10(9)16(6-18)11(19)13(7)3/h7-10,17-18H,5-6H2,1-4H3/t7-,8+,9+,10-/m1/s1. The van der Waals surface area contributed by atoms with Crippen LogP contribution in [0.1, 0.15) is 13.8 Å². The molecule has 0 radical (unpaired) electrons. The summed E-state index contributed by atoms with van der Waals surface area (Å²) in [5.41, 5.74) is 0. The van der Waals surface area contributed by atoms with Crippen LogP contribution in [0.25, 0.3) is 0 Å². The zero-order chi connectivity index (χ0) is 15.2. The van der Waals surface area contributed by atoms with E-state index in [-0.39, 0.29) is 36.8 Å². The fourth-order valence-electron chi connectivity index (χ4n) is 3.36. The second-order valence-electron chi connectivity index (χ2n) is 5.48. The highest BCUT2D eigenvalue weighted by Crippen LogP contribution is 2.36. The number of carbonyl (C=O) groups excluding carboxylic acids is 2. The molecular weight excluding hydrogens is 264 g/mol. The SMILES string of the molecule is C[C@@H]1[C@@H]2[C@H](N(C)C(=O)N(CO)[C@H]2C)N(CO)C(=O)N1C. The average molecular weight is 286 g/mol. The predicted octanol–water partition coefficient (Wildman–Crippen LogP) is -0.660. The van der Waals surface area contributed by atoms with Crippen LogP contribution in [0.15, 0.2) is 0 Å². The smallest absolute Gasteiger partial charge is 0.323 e. The van der Waals surface area contributed by atoms with E-state index in [1.54, 1.807) is 19.0 Å². The summed E-state index contributed by atoms with van der Waals surface area (Å²) in [5, 5.41) is 18.9. The molecule has 0 aromatic rings. The topological polar surface area (TPSA) is 87.6 Å². The lowest BCUT2D eigenvalue weighted by molar-refractivity contribution is -0.104. The van der Waals surface area contributed by atoms with Crippen molar-refractivity contribution in [2.45, 2.75) is 32.1 Å². The van der Waals surface area contributed by atoms with Gasteiger partial charge in [-0.05, 0) is 13.8 Å². The minimum Gasteiger partial charge on any atom is -0.376 e. The van der Waals surface area contributed by atoms with Gasteiger partial charge in [0.1, 0.15) is 19.6 Å². The van der Waals surface area contributed by atoms with E-state index >= 15 is 0 Å². The lowest BCUT2D eigenvalue weighted by Gasteiger charge is -2.57. The van der Waals surface area contributed by atoms with Crippen molar-refractivity contribution in [2.24, 2.45) is 5.92 Å². The first-order chi connectivity index (χ1) is 9.36. The van der Waals surface area contributed by atoms with Gasteiger partial charge >= 0.3 is 12.1 Å². The highest BCUT2D eigenvalue weighted by atomic mass is 16.3. The van der Waals surface area contributed by atoms with Crippen LogP contribution in [-0.2, 0) is 0 Å². The number of hydrogen-bond donors (Lipinski definition) is 2. The number of aliphatic hydroxyl groups excluding tert-OH is 2. The van der Waals surface area contributed by atoms with Crippen molar-refractivity contribution < 1.29 is 19.8 Å². The Hall–Kier alpha value is -1.54. The molecule has 0 unspecified atom stereocenters. The molecule has 2 heterocycles. The van der Waals surface area contributed by atoms with Gasteiger partial charge in [-0.3, -0.25) is 9.80 Å². The van der Waals surface area contributed by atoms with Crippen LogP contribution in [-0.4, -0.2) is 87.7 Å². The van der Waals surface area contributed by atoms with E-state index in [4.69, 9.17) is 0 Å². The van der Waals surface area contributed by atoms with E-state index in [1.165, 1.54) is 14.7 Å². The van der Waals surface area contributed by atoms with Gasteiger partial charge in [-0.25, -0.2) is 9.59 Å². The number of nitrogens with zero attached hydrogens (tertiary/aromatic N) is 4. The molecule has 2 aliphatic heterocycles. The molecule has 0 aromatic heterocycles. The second kappa shape index (κ2) is 5.10. The van der Waals surface area contributed by atoms with E-state index in [0.717, 1.165) is 0 Å². The van der Waals surface area contributed by atoms with E-state index in [2.05, 4.69) is 0 Å². The molecule has 2 fully saturated rings. The molecule has 2 aliphatic rings. The number of urea groups is 2. The van der Waals surface area contributed by atoms with Crippen molar-refractivity contribution in [3.63, 3.8) is 0 Å². The maximum absolute atomic E-state index is 12.2. The molecule has 0 spiro atoms. The maximum atomic E-state index is 12.2. The molecule has 0 bridgehead atoms. The van der Waals surface area contributed by atoms with Gasteiger partial charge in [0, 0.05) is 32.1 Å². The van der Waals surface area contributed by atoms with Crippen molar-refractivity contribution in [1.29, 1.82) is 0 Å². The number of rotatable bonds is 2. The molecule has 4 atom stereocenters. The lowest BCUT2D eigenvalue weighted by atomic mass is 9.84. The normalized spacial score (nSPS) is 34.7. The maximum Gasteiger partial charge on any atom is 0.323 e. The molecule has 2 rings (SSSR count). The van der Waals surface area contributed by atoms with Crippen LogP contribution in [0.3, 0.4) is 0 Å². The zero-order valence-electron chi connectivity index (χ0n) is 12.2. The van der Waals surface area contributed by atoms with Gasteiger partial charge in [-0.1, -0.05) is 0 Å². The fourth-order valence-corrected chi connectivity index (χ4v) is 3.36. The summed E-state index contributed by atoms with van der Waals surface area (Å²) in [6.07, 6.45) is -0.496.